The fraction of sp³-hybridized carbons (Fsp3) is 0. The van der Waals surface area contributed by atoms with Gasteiger partial charge in [-0.25, -0.2) is 9.98 Å². The highest BCUT2D eigenvalue weighted by atomic mass is 35.5. The molecular formula is C16H7ClN4O6. The number of amides is 1. The van der Waals surface area contributed by atoms with Crippen LogP contribution in [0.25, 0.3) is 0 Å². The number of nitrogens with zero attached hydrogens (tertiary/aromatic N) is 4. The van der Waals surface area contributed by atoms with E-state index in [-0.39, 0.29) is 22.0 Å². The Kier molecular flexibility index (Phi) is 4.57. The summed E-state index contributed by atoms with van der Waals surface area (Å²) in [6.45, 7) is 0. The molecule has 0 aromatic heterocycles. The highest BCUT2D eigenvalue weighted by Gasteiger charge is 2.26. The number of allylic oxidation sites excluding steroid dienone is 1. The monoisotopic (exact) mass is 386 g/mol. The molecule has 11 heteroatoms. The van der Waals surface area contributed by atoms with E-state index in [1.54, 1.807) is 0 Å². The van der Waals surface area contributed by atoms with Crippen molar-refractivity contribution in [3.8, 4) is 0 Å². The van der Waals surface area contributed by atoms with Crippen LogP contribution < -0.4 is 10.7 Å². The van der Waals surface area contributed by atoms with Gasteiger partial charge in [0.05, 0.1) is 27.3 Å². The van der Waals surface area contributed by atoms with E-state index in [0.717, 1.165) is 18.2 Å². The highest BCUT2D eigenvalue weighted by Crippen LogP contribution is 2.22. The molecule has 0 unspecified atom stereocenters. The third-order valence-corrected chi connectivity index (χ3v) is 3.80. The van der Waals surface area contributed by atoms with Crippen molar-refractivity contribution in [2.24, 2.45) is 9.98 Å². The lowest BCUT2D eigenvalue weighted by molar-refractivity contribution is -0.422. The van der Waals surface area contributed by atoms with Crippen molar-refractivity contribution in [3.05, 3.63) is 89.7 Å². The largest absolute Gasteiger partial charge is 0.348 e. The number of carbonyl (C=O) groups excluding carboxylic acids is 2. The molecule has 1 amide bonds. The number of carbonyl (C=O) groups is 2. The van der Waals surface area contributed by atoms with Gasteiger partial charge in [-0.3, -0.25) is 29.8 Å². The van der Waals surface area contributed by atoms with Gasteiger partial charge in [0.15, 0.2) is 5.78 Å². The number of ketones is 1. The summed E-state index contributed by atoms with van der Waals surface area (Å²) in [4.78, 5) is 51.9. The molecule has 3 rings (SSSR count). The molecular weight excluding hydrogens is 380 g/mol. The van der Waals surface area contributed by atoms with E-state index >= 15 is 0 Å². The van der Waals surface area contributed by atoms with E-state index < -0.39 is 32.9 Å². The smallest absolute Gasteiger partial charge is 0.289 e. The lowest BCUT2D eigenvalue weighted by Crippen LogP contribution is -2.32. The van der Waals surface area contributed by atoms with E-state index in [1.807, 2.05) is 0 Å². The summed E-state index contributed by atoms with van der Waals surface area (Å²) in [6, 6.07) is 7.53. The number of hydrogen-bond donors (Lipinski definition) is 0. The molecule has 0 atom stereocenters. The van der Waals surface area contributed by atoms with E-state index in [1.165, 1.54) is 24.3 Å². The molecule has 0 spiro atoms. The lowest BCUT2D eigenvalue weighted by atomic mass is 10.1. The first-order valence-electron chi connectivity index (χ1n) is 7.22. The van der Waals surface area contributed by atoms with E-state index in [2.05, 4.69) is 9.98 Å². The molecule has 10 nitrogen and oxygen atoms in total. The van der Waals surface area contributed by atoms with Gasteiger partial charge in [0, 0.05) is 16.7 Å². The lowest BCUT2D eigenvalue weighted by Gasteiger charge is -2.03. The molecule has 1 aliphatic heterocycles. The molecule has 0 aliphatic carbocycles. The average molecular weight is 387 g/mol. The summed E-state index contributed by atoms with van der Waals surface area (Å²) in [7, 11) is 0. The first kappa shape index (κ1) is 18.0. The highest BCUT2D eigenvalue weighted by molar-refractivity contribution is 6.30. The molecule has 27 heavy (non-hydrogen) atoms. The van der Waals surface area contributed by atoms with Crippen molar-refractivity contribution in [1.82, 2.24) is 0 Å². The first-order valence-corrected chi connectivity index (χ1v) is 7.60. The molecule has 0 saturated heterocycles. The quantitative estimate of drug-likeness (QED) is 0.338. The van der Waals surface area contributed by atoms with Crippen molar-refractivity contribution < 1.29 is 19.4 Å². The van der Waals surface area contributed by atoms with E-state index in [9.17, 15) is 29.8 Å². The number of benzene rings is 2. The van der Waals surface area contributed by atoms with Gasteiger partial charge in [-0.05, 0) is 24.3 Å². The zero-order chi connectivity index (χ0) is 19.7. The standard InChI is InChI=1S/C16H7ClN4O6/c17-9-3-1-8(2-4-9)15(22)7-12-16(23)19-11-6-14(21(26)27)13(20(24)25)5-10(11)18-12/h1-7H/b12-7-. The van der Waals surface area contributed by atoms with Crippen LogP contribution in [0.1, 0.15) is 10.4 Å². The topological polar surface area (TPSA) is 145 Å². The van der Waals surface area contributed by atoms with E-state index in [4.69, 9.17) is 11.6 Å². The Balaban J connectivity index is 2.11. The number of fused-ring (bicyclic) bond motifs is 1. The third kappa shape index (κ3) is 3.60. The Morgan fingerprint density at radius 1 is 0.963 bits per heavy atom. The van der Waals surface area contributed by atoms with Crippen molar-refractivity contribution >= 4 is 34.7 Å². The Hall–Kier alpha value is -3.79. The average Bonchev–Trinajstić information content (AvgIpc) is 2.61. The summed E-state index contributed by atoms with van der Waals surface area (Å²) >= 11 is 5.75. The molecule has 134 valence electrons. The maximum absolute atomic E-state index is 12.2. The zero-order valence-corrected chi connectivity index (χ0v) is 13.9. The summed E-state index contributed by atoms with van der Waals surface area (Å²) in [6.07, 6.45) is 0.936. The van der Waals surface area contributed by atoms with Crippen LogP contribution in [0.3, 0.4) is 0 Å². The van der Waals surface area contributed by atoms with Crippen molar-refractivity contribution in [2.45, 2.75) is 0 Å². The summed E-state index contributed by atoms with van der Waals surface area (Å²) < 4.78 is 0. The van der Waals surface area contributed by atoms with Crippen LogP contribution in [0.2, 0.25) is 5.02 Å². The Morgan fingerprint density at radius 2 is 1.48 bits per heavy atom. The van der Waals surface area contributed by atoms with Crippen molar-refractivity contribution in [2.75, 3.05) is 0 Å². The second kappa shape index (κ2) is 6.84. The Morgan fingerprint density at radius 3 is 2.00 bits per heavy atom. The number of nitro groups is 2. The normalized spacial score (nSPS) is 14.1. The Labute approximate surface area is 154 Å². The van der Waals surface area contributed by atoms with Gasteiger partial charge in [-0.1, -0.05) is 11.6 Å². The predicted molar refractivity (Wildman–Crippen MR) is 90.9 cm³/mol. The fourth-order valence-electron chi connectivity index (χ4n) is 2.29. The zero-order valence-electron chi connectivity index (χ0n) is 13.2. The number of rotatable bonds is 4. The van der Waals surface area contributed by atoms with Crippen LogP contribution in [-0.2, 0) is 4.79 Å². The van der Waals surface area contributed by atoms with E-state index in [0.29, 0.717) is 5.02 Å². The molecule has 2 aromatic carbocycles. The molecule has 0 radical (unpaired) electrons. The summed E-state index contributed by atoms with van der Waals surface area (Å²) in [5.74, 6) is -1.44. The minimum absolute atomic E-state index is 0.123. The van der Waals surface area contributed by atoms with Crippen molar-refractivity contribution in [1.29, 1.82) is 0 Å². The Bertz CT molecular complexity index is 1170. The van der Waals surface area contributed by atoms with Gasteiger partial charge >= 0.3 is 11.4 Å². The molecule has 0 fully saturated rings. The van der Waals surface area contributed by atoms with Crippen LogP contribution in [0, 0.1) is 20.2 Å². The van der Waals surface area contributed by atoms with Gasteiger partial charge < -0.3 is 0 Å². The van der Waals surface area contributed by atoms with Gasteiger partial charge in [-0.15, -0.1) is 0 Å². The van der Waals surface area contributed by atoms with Crippen LogP contribution in [0.5, 0.6) is 0 Å². The summed E-state index contributed by atoms with van der Waals surface area (Å²) in [5, 5.41) is 22.1. The fourth-order valence-corrected chi connectivity index (χ4v) is 2.41. The summed E-state index contributed by atoms with van der Waals surface area (Å²) in [5.41, 5.74) is -1.70. The molecule has 1 heterocycles. The van der Waals surface area contributed by atoms with Gasteiger partial charge in [0.25, 0.3) is 5.91 Å². The van der Waals surface area contributed by atoms with Gasteiger partial charge in [0.2, 0.25) is 0 Å². The van der Waals surface area contributed by atoms with Crippen LogP contribution >= 0.6 is 11.6 Å². The SMILES string of the molecule is O=C1N=c2cc([N+](=O)[O-])c([N+](=O)[O-])cc2=N/C1=C\C(=O)c1ccc(Cl)cc1. The predicted octanol–water partition coefficient (Wildman–Crippen LogP) is 1.70. The minimum atomic E-state index is -0.951. The number of halogens is 1. The van der Waals surface area contributed by atoms with Crippen LogP contribution in [0.4, 0.5) is 11.4 Å². The number of nitro benzene ring substituents is 2. The molecule has 2 aromatic rings. The minimum Gasteiger partial charge on any atom is -0.289 e. The van der Waals surface area contributed by atoms with Gasteiger partial charge in [0.1, 0.15) is 11.1 Å². The maximum Gasteiger partial charge on any atom is 0.348 e. The van der Waals surface area contributed by atoms with Crippen molar-refractivity contribution in [3.63, 3.8) is 0 Å². The number of hydrogen-bond acceptors (Lipinski definition) is 7. The second-order valence-corrected chi connectivity index (χ2v) is 5.71. The maximum atomic E-state index is 12.2. The third-order valence-electron chi connectivity index (χ3n) is 3.54. The molecule has 0 saturated carbocycles. The molecule has 0 bridgehead atoms. The second-order valence-electron chi connectivity index (χ2n) is 5.27. The first-order chi connectivity index (χ1) is 12.8. The van der Waals surface area contributed by atoms with Crippen LogP contribution in [-0.4, -0.2) is 21.5 Å². The molecule has 0 N–H and O–H groups in total. The molecule has 1 aliphatic rings. The van der Waals surface area contributed by atoms with Gasteiger partial charge in [-0.2, -0.15) is 0 Å². The van der Waals surface area contributed by atoms with Crippen LogP contribution in [0.15, 0.2) is 58.2 Å².